The quantitative estimate of drug-likeness (QED) is 0.333. The Morgan fingerprint density at radius 2 is 1.36 bits per heavy atom. The number of hydrogen-bond acceptors (Lipinski definition) is 7. The zero-order chi connectivity index (χ0) is 30.6. The number of nitrogens with one attached hydrogen (secondary N) is 2. The molecule has 3 aromatic carbocycles. The van der Waals surface area contributed by atoms with Gasteiger partial charge in [-0.05, 0) is 79.6 Å². The maximum atomic E-state index is 12.9. The number of aromatic nitrogens is 2. The van der Waals surface area contributed by atoms with Crippen LogP contribution in [0.4, 0.5) is 21.9 Å². The van der Waals surface area contributed by atoms with Crippen LogP contribution in [0.1, 0.15) is 23.2 Å². The molecule has 0 bridgehead atoms. The number of likely N-dealkylation sites (tertiary alicyclic amines) is 1. The number of urea groups is 1. The number of morpholine rings is 2. The molecule has 3 saturated heterocycles. The number of ether oxygens (including phenoxy) is 2. The van der Waals surface area contributed by atoms with Gasteiger partial charge in [0.25, 0.3) is 5.91 Å². The summed E-state index contributed by atoms with van der Waals surface area (Å²) in [5, 5.41) is 11.6. The number of piperidine rings is 1. The molecule has 234 valence electrons. The molecule has 3 fully saturated rings. The normalized spacial score (nSPS) is 18.2. The van der Waals surface area contributed by atoms with E-state index in [1.807, 2.05) is 76.3 Å². The van der Waals surface area contributed by atoms with E-state index in [1.165, 1.54) is 0 Å². The molecule has 0 unspecified atom stereocenters. The van der Waals surface area contributed by atoms with Crippen molar-refractivity contribution in [1.29, 1.82) is 0 Å². The molecule has 0 spiro atoms. The van der Waals surface area contributed by atoms with E-state index in [9.17, 15) is 9.59 Å². The maximum Gasteiger partial charge on any atom is 0.321 e. The molecule has 3 amide bonds. The van der Waals surface area contributed by atoms with Crippen molar-refractivity contribution in [3.8, 4) is 5.69 Å². The van der Waals surface area contributed by atoms with Crippen molar-refractivity contribution in [3.63, 3.8) is 0 Å². The molecule has 0 aliphatic carbocycles. The summed E-state index contributed by atoms with van der Waals surface area (Å²) in [6.07, 6.45) is 3.78. The maximum absolute atomic E-state index is 12.9. The third-order valence-electron chi connectivity index (χ3n) is 9.01. The minimum Gasteiger partial charge on any atom is -0.379 e. The van der Waals surface area contributed by atoms with Gasteiger partial charge in [0.15, 0.2) is 0 Å². The van der Waals surface area contributed by atoms with Gasteiger partial charge in [0.1, 0.15) is 0 Å². The van der Waals surface area contributed by atoms with Crippen LogP contribution in [0.3, 0.4) is 0 Å². The second kappa shape index (κ2) is 13.3. The first-order valence-electron chi connectivity index (χ1n) is 15.8. The van der Waals surface area contributed by atoms with Crippen molar-refractivity contribution in [2.45, 2.75) is 18.9 Å². The molecule has 11 nitrogen and oxygen atoms in total. The van der Waals surface area contributed by atoms with Gasteiger partial charge in [0.2, 0.25) is 0 Å². The van der Waals surface area contributed by atoms with Crippen LogP contribution < -0.4 is 15.5 Å². The second-order valence-corrected chi connectivity index (χ2v) is 11.8. The standard InChI is InChI=1S/C34H39N7O4/c42-33(25-1-6-29(7-2-25)38-15-19-44-20-16-38)36-28-5-10-32-26(23-28)24-35-41(32)31-8-3-27(4-9-31)37-34(43)40-13-11-30(12-14-40)39-17-21-45-22-18-39/h1-10,23-24,30H,11-22H2,(H,36,42)(H,37,43). The lowest BCUT2D eigenvalue weighted by Gasteiger charge is -2.40. The van der Waals surface area contributed by atoms with Crippen molar-refractivity contribution in [2.24, 2.45) is 0 Å². The molecule has 45 heavy (non-hydrogen) atoms. The van der Waals surface area contributed by atoms with E-state index in [0.717, 1.165) is 107 Å². The van der Waals surface area contributed by atoms with E-state index in [2.05, 4.69) is 25.5 Å². The Hall–Kier alpha value is -4.45. The van der Waals surface area contributed by atoms with Crippen LogP contribution in [-0.2, 0) is 9.47 Å². The first-order valence-corrected chi connectivity index (χ1v) is 15.8. The van der Waals surface area contributed by atoms with Gasteiger partial charge in [0.05, 0.1) is 43.8 Å². The van der Waals surface area contributed by atoms with Gasteiger partial charge in [-0.1, -0.05) is 0 Å². The van der Waals surface area contributed by atoms with Gasteiger partial charge in [-0.15, -0.1) is 0 Å². The van der Waals surface area contributed by atoms with Crippen LogP contribution in [0.5, 0.6) is 0 Å². The highest BCUT2D eigenvalue weighted by Gasteiger charge is 2.28. The highest BCUT2D eigenvalue weighted by Crippen LogP contribution is 2.25. The summed E-state index contributed by atoms with van der Waals surface area (Å²) < 4.78 is 12.8. The number of benzene rings is 3. The molecule has 0 radical (unpaired) electrons. The van der Waals surface area contributed by atoms with Crippen LogP contribution in [0.15, 0.2) is 72.9 Å². The number of anilines is 3. The third kappa shape index (κ3) is 6.65. The number of nitrogens with zero attached hydrogens (tertiary/aromatic N) is 5. The number of carbonyl (C=O) groups is 2. The number of amides is 3. The van der Waals surface area contributed by atoms with Gasteiger partial charge >= 0.3 is 6.03 Å². The summed E-state index contributed by atoms with van der Waals surface area (Å²) in [6, 6.07) is 21.6. The predicted octanol–water partition coefficient (Wildman–Crippen LogP) is 4.44. The molecule has 3 aliphatic rings. The average molecular weight is 610 g/mol. The van der Waals surface area contributed by atoms with Crippen molar-refractivity contribution >= 4 is 39.9 Å². The van der Waals surface area contributed by atoms with Gasteiger partial charge < -0.3 is 29.9 Å². The van der Waals surface area contributed by atoms with E-state index in [4.69, 9.17) is 9.47 Å². The van der Waals surface area contributed by atoms with Crippen molar-refractivity contribution < 1.29 is 19.1 Å². The fourth-order valence-corrected chi connectivity index (χ4v) is 6.43. The minimum absolute atomic E-state index is 0.0599. The Balaban J connectivity index is 0.944. The average Bonchev–Trinajstić information content (AvgIpc) is 3.53. The predicted molar refractivity (Wildman–Crippen MR) is 175 cm³/mol. The molecule has 7 rings (SSSR count). The molecule has 0 saturated carbocycles. The lowest BCUT2D eigenvalue weighted by molar-refractivity contribution is 0.00419. The topological polar surface area (TPSA) is 104 Å². The van der Waals surface area contributed by atoms with E-state index >= 15 is 0 Å². The highest BCUT2D eigenvalue weighted by molar-refractivity contribution is 6.05. The van der Waals surface area contributed by atoms with Crippen LogP contribution in [0.2, 0.25) is 0 Å². The van der Waals surface area contributed by atoms with Crippen molar-refractivity contribution in [3.05, 3.63) is 78.5 Å². The summed E-state index contributed by atoms with van der Waals surface area (Å²) in [4.78, 5) is 32.6. The monoisotopic (exact) mass is 609 g/mol. The fraction of sp³-hybridized carbons (Fsp3) is 0.382. The lowest BCUT2D eigenvalue weighted by Crippen LogP contribution is -2.50. The summed E-state index contributed by atoms with van der Waals surface area (Å²) in [5.41, 5.74) is 4.95. The first-order chi connectivity index (χ1) is 22.1. The van der Waals surface area contributed by atoms with Crippen molar-refractivity contribution in [2.75, 3.05) is 81.2 Å². The summed E-state index contributed by atoms with van der Waals surface area (Å²) in [6.45, 7) is 8.25. The van der Waals surface area contributed by atoms with Crippen LogP contribution in [0.25, 0.3) is 16.6 Å². The Morgan fingerprint density at radius 1 is 0.711 bits per heavy atom. The van der Waals surface area contributed by atoms with Gasteiger partial charge in [-0.25, -0.2) is 9.48 Å². The molecular weight excluding hydrogens is 570 g/mol. The van der Waals surface area contributed by atoms with E-state index in [1.54, 1.807) is 6.20 Å². The number of rotatable bonds is 6. The van der Waals surface area contributed by atoms with E-state index < -0.39 is 0 Å². The number of fused-ring (bicyclic) bond motifs is 1. The molecule has 11 heteroatoms. The Kier molecular flexibility index (Phi) is 8.63. The van der Waals surface area contributed by atoms with E-state index in [0.29, 0.717) is 17.3 Å². The largest absolute Gasteiger partial charge is 0.379 e. The summed E-state index contributed by atoms with van der Waals surface area (Å²) in [7, 11) is 0. The van der Waals surface area contributed by atoms with Crippen LogP contribution in [-0.4, -0.2) is 103 Å². The molecule has 3 aliphatic heterocycles. The number of hydrogen-bond donors (Lipinski definition) is 2. The SMILES string of the molecule is O=C(Nc1ccc2c(cnn2-c2ccc(NC(=O)N3CCC(N4CCOCC4)CC3)cc2)c1)c1ccc(N2CCOCC2)cc1. The Morgan fingerprint density at radius 3 is 2.07 bits per heavy atom. The smallest absolute Gasteiger partial charge is 0.321 e. The molecule has 4 heterocycles. The van der Waals surface area contributed by atoms with Gasteiger partial charge in [-0.3, -0.25) is 9.69 Å². The van der Waals surface area contributed by atoms with E-state index in [-0.39, 0.29) is 11.9 Å². The Bertz CT molecular complexity index is 1620. The molecule has 0 atom stereocenters. The highest BCUT2D eigenvalue weighted by atomic mass is 16.5. The Labute approximate surface area is 262 Å². The summed E-state index contributed by atoms with van der Waals surface area (Å²) >= 11 is 0. The lowest BCUT2D eigenvalue weighted by atomic mass is 10.0. The second-order valence-electron chi connectivity index (χ2n) is 11.8. The molecular formula is C34H39N7O4. The zero-order valence-electron chi connectivity index (χ0n) is 25.4. The summed E-state index contributed by atoms with van der Waals surface area (Å²) in [5.74, 6) is -0.158. The molecule has 2 N–H and O–H groups in total. The van der Waals surface area contributed by atoms with Gasteiger partial charge in [0, 0.05) is 73.3 Å². The zero-order valence-corrected chi connectivity index (χ0v) is 25.4. The minimum atomic E-state index is -0.158. The third-order valence-corrected chi connectivity index (χ3v) is 9.01. The van der Waals surface area contributed by atoms with Crippen LogP contribution in [0, 0.1) is 0 Å². The van der Waals surface area contributed by atoms with Gasteiger partial charge in [-0.2, -0.15) is 5.10 Å². The molecule has 1 aromatic heterocycles. The molecule has 4 aromatic rings. The number of carbonyl (C=O) groups excluding carboxylic acids is 2. The fourth-order valence-electron chi connectivity index (χ4n) is 6.43. The van der Waals surface area contributed by atoms with Crippen LogP contribution >= 0.6 is 0 Å². The first kappa shape index (κ1) is 29.3. The van der Waals surface area contributed by atoms with Crippen molar-refractivity contribution in [1.82, 2.24) is 19.6 Å².